The predicted molar refractivity (Wildman–Crippen MR) is 60.1 cm³/mol. The Hall–Kier alpha value is -1.29. The van der Waals surface area contributed by atoms with Crippen molar-refractivity contribution in [3.8, 4) is 0 Å². The summed E-state index contributed by atoms with van der Waals surface area (Å²) in [6, 6.07) is 0. The first-order valence-corrected chi connectivity index (χ1v) is 5.19. The van der Waals surface area contributed by atoms with Gasteiger partial charge < -0.3 is 0 Å². The second-order valence-corrected chi connectivity index (χ2v) is 3.82. The lowest BCUT2D eigenvalue weighted by Gasteiger charge is -1.96. The number of allylic oxidation sites excluding steroid dienone is 3. The Kier molecular flexibility index (Phi) is 4.19. The van der Waals surface area contributed by atoms with Crippen LogP contribution in [0.5, 0.6) is 0 Å². The lowest BCUT2D eigenvalue weighted by molar-refractivity contribution is 1.08. The van der Waals surface area contributed by atoms with Crippen LogP contribution in [0.1, 0.15) is 23.2 Å². The lowest BCUT2D eigenvalue weighted by Crippen LogP contribution is -1.78. The first-order chi connectivity index (χ1) is 6.81. The third-order valence-electron chi connectivity index (χ3n) is 1.75. The first-order valence-electron chi connectivity index (χ1n) is 4.37. The van der Waals surface area contributed by atoms with E-state index in [1.807, 2.05) is 6.08 Å². The molecule has 0 saturated heterocycles. The summed E-state index contributed by atoms with van der Waals surface area (Å²) in [5.41, 5.74) is 1.14. The number of nitrogens with zero attached hydrogens (tertiary/aromatic N) is 2. The van der Waals surface area contributed by atoms with E-state index in [1.54, 1.807) is 12.3 Å². The maximum atomic E-state index is 10.0. The molecule has 1 heterocycles. The summed E-state index contributed by atoms with van der Waals surface area (Å²) in [5.74, 6) is 0. The van der Waals surface area contributed by atoms with Gasteiger partial charge in [0, 0.05) is 6.20 Å². The molecule has 3 nitrogen and oxygen atoms in total. The highest BCUT2D eigenvalue weighted by Gasteiger charge is 2.04. The van der Waals surface area contributed by atoms with E-state index in [2.05, 4.69) is 23.7 Å². The average Bonchev–Trinajstić information content (AvgIpc) is 2.63. The van der Waals surface area contributed by atoms with E-state index >= 15 is 0 Å². The van der Waals surface area contributed by atoms with Gasteiger partial charge in [-0.1, -0.05) is 30.8 Å². The summed E-state index contributed by atoms with van der Waals surface area (Å²) in [4.78, 5) is 15.2. The molecule has 0 spiro atoms. The van der Waals surface area contributed by atoms with E-state index < -0.39 is 0 Å². The van der Waals surface area contributed by atoms with Gasteiger partial charge in [0.15, 0.2) is 0 Å². The SMILES string of the molecule is C=C/C=C(\CC)c1ncc(CN=O)s1. The van der Waals surface area contributed by atoms with Crippen LogP contribution < -0.4 is 0 Å². The van der Waals surface area contributed by atoms with Crippen LogP contribution in [0, 0.1) is 4.91 Å². The molecule has 0 saturated carbocycles. The average molecular weight is 208 g/mol. The van der Waals surface area contributed by atoms with Gasteiger partial charge in [-0.25, -0.2) is 4.98 Å². The second-order valence-electron chi connectivity index (χ2n) is 2.70. The predicted octanol–water partition coefficient (Wildman–Crippen LogP) is 3.39. The molecule has 14 heavy (non-hydrogen) atoms. The normalized spacial score (nSPS) is 11.4. The highest BCUT2D eigenvalue weighted by atomic mass is 32.1. The van der Waals surface area contributed by atoms with Crippen molar-refractivity contribution in [1.29, 1.82) is 0 Å². The fourth-order valence-corrected chi connectivity index (χ4v) is 2.00. The minimum absolute atomic E-state index is 0.211. The standard InChI is InChI=1S/C10H12N2OS/c1-3-5-8(4-2)10-11-6-9(14-10)7-12-13/h3,5-6H,1,4,7H2,2H3/b8-5+. The number of aromatic nitrogens is 1. The zero-order valence-electron chi connectivity index (χ0n) is 8.06. The van der Waals surface area contributed by atoms with Crippen LogP contribution in [0.15, 0.2) is 30.1 Å². The lowest BCUT2D eigenvalue weighted by atomic mass is 10.2. The van der Waals surface area contributed by atoms with E-state index in [0.717, 1.165) is 21.9 Å². The molecule has 1 rings (SSSR count). The molecule has 0 bridgehead atoms. The number of hydrogen-bond acceptors (Lipinski definition) is 4. The van der Waals surface area contributed by atoms with E-state index in [-0.39, 0.29) is 6.54 Å². The number of thiazole rings is 1. The van der Waals surface area contributed by atoms with Crippen molar-refractivity contribution in [2.75, 3.05) is 0 Å². The minimum Gasteiger partial charge on any atom is -0.245 e. The van der Waals surface area contributed by atoms with Crippen LogP contribution in [0.3, 0.4) is 0 Å². The molecular weight excluding hydrogens is 196 g/mol. The molecule has 4 heteroatoms. The van der Waals surface area contributed by atoms with Gasteiger partial charge in [0.1, 0.15) is 11.6 Å². The van der Waals surface area contributed by atoms with E-state index in [1.165, 1.54) is 11.3 Å². The Morgan fingerprint density at radius 3 is 3.14 bits per heavy atom. The van der Waals surface area contributed by atoms with Gasteiger partial charge in [0.25, 0.3) is 0 Å². The zero-order chi connectivity index (χ0) is 10.4. The van der Waals surface area contributed by atoms with Crippen molar-refractivity contribution in [3.05, 3.63) is 39.7 Å². The van der Waals surface area contributed by atoms with Crippen LogP contribution in [-0.4, -0.2) is 4.98 Å². The Labute approximate surface area is 87.2 Å². The molecule has 74 valence electrons. The highest BCUT2D eigenvalue weighted by molar-refractivity contribution is 7.12. The van der Waals surface area contributed by atoms with Crippen molar-refractivity contribution in [2.45, 2.75) is 19.9 Å². The molecule has 0 aliphatic heterocycles. The molecule has 0 N–H and O–H groups in total. The summed E-state index contributed by atoms with van der Waals surface area (Å²) < 4.78 is 0. The second kappa shape index (κ2) is 5.44. The van der Waals surface area contributed by atoms with Gasteiger partial charge >= 0.3 is 0 Å². The fraction of sp³-hybridized carbons (Fsp3) is 0.300. The topological polar surface area (TPSA) is 42.3 Å². The molecule has 0 fully saturated rings. The Bertz CT molecular complexity index is 355. The van der Waals surface area contributed by atoms with Crippen molar-refractivity contribution in [2.24, 2.45) is 5.18 Å². The van der Waals surface area contributed by atoms with Crippen LogP contribution in [0.2, 0.25) is 0 Å². The fourth-order valence-electron chi connectivity index (χ4n) is 1.08. The molecular formula is C10H12N2OS. The maximum Gasteiger partial charge on any atom is 0.119 e. The highest BCUT2D eigenvalue weighted by Crippen LogP contribution is 2.24. The smallest absolute Gasteiger partial charge is 0.119 e. The maximum absolute atomic E-state index is 10.0. The Morgan fingerprint density at radius 2 is 2.57 bits per heavy atom. The van der Waals surface area contributed by atoms with Gasteiger partial charge in [-0.3, -0.25) is 0 Å². The molecule has 0 atom stereocenters. The first kappa shape index (κ1) is 10.8. The third kappa shape index (κ3) is 2.60. The Morgan fingerprint density at radius 1 is 1.79 bits per heavy atom. The van der Waals surface area contributed by atoms with Crippen LogP contribution in [0.25, 0.3) is 5.57 Å². The summed E-state index contributed by atoms with van der Waals surface area (Å²) in [7, 11) is 0. The summed E-state index contributed by atoms with van der Waals surface area (Å²) in [6.45, 7) is 5.92. The van der Waals surface area contributed by atoms with E-state index in [9.17, 15) is 4.91 Å². The van der Waals surface area contributed by atoms with E-state index in [0.29, 0.717) is 0 Å². The van der Waals surface area contributed by atoms with Crippen LogP contribution in [-0.2, 0) is 6.54 Å². The van der Waals surface area contributed by atoms with Crippen molar-refractivity contribution >= 4 is 16.9 Å². The van der Waals surface area contributed by atoms with Gasteiger partial charge in [-0.2, -0.15) is 4.91 Å². The molecule has 1 aromatic rings. The molecule has 0 radical (unpaired) electrons. The third-order valence-corrected chi connectivity index (χ3v) is 2.81. The van der Waals surface area contributed by atoms with Gasteiger partial charge in [-0.05, 0) is 12.0 Å². The molecule has 0 aliphatic rings. The summed E-state index contributed by atoms with van der Waals surface area (Å²) in [5, 5.41) is 3.78. The molecule has 0 aliphatic carbocycles. The van der Waals surface area contributed by atoms with Crippen LogP contribution >= 0.6 is 11.3 Å². The van der Waals surface area contributed by atoms with Crippen molar-refractivity contribution in [1.82, 2.24) is 4.98 Å². The molecule has 1 aromatic heterocycles. The minimum atomic E-state index is 0.211. The number of hydrogen-bond donors (Lipinski definition) is 0. The van der Waals surface area contributed by atoms with Gasteiger partial charge in [-0.15, -0.1) is 11.3 Å². The van der Waals surface area contributed by atoms with Gasteiger partial charge in [0.2, 0.25) is 0 Å². The quantitative estimate of drug-likeness (QED) is 0.549. The summed E-state index contributed by atoms with van der Waals surface area (Å²) >= 11 is 1.51. The molecule has 0 aromatic carbocycles. The van der Waals surface area contributed by atoms with Crippen molar-refractivity contribution in [3.63, 3.8) is 0 Å². The van der Waals surface area contributed by atoms with E-state index in [4.69, 9.17) is 0 Å². The molecule has 0 unspecified atom stereocenters. The van der Waals surface area contributed by atoms with Crippen LogP contribution in [0.4, 0.5) is 0 Å². The van der Waals surface area contributed by atoms with Gasteiger partial charge in [0.05, 0.1) is 4.88 Å². The largest absolute Gasteiger partial charge is 0.245 e. The number of nitroso groups, excluding NO2 is 1. The summed E-state index contributed by atoms with van der Waals surface area (Å²) in [6.07, 6.45) is 6.30. The van der Waals surface area contributed by atoms with Crippen molar-refractivity contribution < 1.29 is 0 Å². The Balaban J connectivity index is 2.88. The number of rotatable bonds is 5. The zero-order valence-corrected chi connectivity index (χ0v) is 8.88. The monoisotopic (exact) mass is 208 g/mol. The molecule has 0 amide bonds.